The quantitative estimate of drug-likeness (QED) is 0.573. The maximum absolute atomic E-state index is 6.11. The zero-order chi connectivity index (χ0) is 12.8. The minimum absolute atomic E-state index is 0.0376. The fourth-order valence-corrected chi connectivity index (χ4v) is 2.26. The van der Waals surface area contributed by atoms with Gasteiger partial charge in [-0.25, -0.2) is 0 Å². The van der Waals surface area contributed by atoms with E-state index in [0.29, 0.717) is 5.02 Å². The predicted octanol–water partition coefficient (Wildman–Crippen LogP) is 1.31. The lowest BCUT2D eigenvalue weighted by atomic mass is 10.1. The number of halogens is 1. The van der Waals surface area contributed by atoms with Crippen LogP contribution in [0.4, 0.5) is 0 Å². The molecule has 0 radical (unpaired) electrons. The van der Waals surface area contributed by atoms with E-state index in [1.807, 2.05) is 7.05 Å². The van der Waals surface area contributed by atoms with Gasteiger partial charge in [0.2, 0.25) is 0 Å². The standard InChI is InChI=1S/C11H22ClN5/c1-4-17(5-2)7-6-10(15-13)11-9(12)8-14-16(11)3/h8,10,15H,4-7,13H2,1-3H3. The Balaban J connectivity index is 2.66. The zero-order valence-corrected chi connectivity index (χ0v) is 11.5. The first-order chi connectivity index (χ1) is 8.13. The second-order valence-corrected chi connectivity index (χ2v) is 4.44. The molecule has 0 saturated heterocycles. The Labute approximate surface area is 108 Å². The van der Waals surface area contributed by atoms with E-state index in [2.05, 4.69) is 29.3 Å². The normalized spacial score (nSPS) is 13.3. The van der Waals surface area contributed by atoms with Crippen molar-refractivity contribution in [1.29, 1.82) is 0 Å². The molecule has 1 aromatic heterocycles. The first-order valence-corrected chi connectivity index (χ1v) is 6.37. The number of nitrogens with zero attached hydrogens (tertiary/aromatic N) is 3. The first kappa shape index (κ1) is 14.4. The van der Waals surface area contributed by atoms with Crippen LogP contribution in [0.15, 0.2) is 6.20 Å². The molecule has 1 unspecified atom stereocenters. The predicted molar refractivity (Wildman–Crippen MR) is 70.7 cm³/mol. The van der Waals surface area contributed by atoms with Crippen molar-refractivity contribution < 1.29 is 0 Å². The number of hydrogen-bond acceptors (Lipinski definition) is 4. The van der Waals surface area contributed by atoms with Crippen LogP contribution in [0.2, 0.25) is 5.02 Å². The van der Waals surface area contributed by atoms with Crippen LogP contribution >= 0.6 is 11.6 Å². The van der Waals surface area contributed by atoms with Gasteiger partial charge in [-0.1, -0.05) is 25.4 Å². The molecule has 17 heavy (non-hydrogen) atoms. The van der Waals surface area contributed by atoms with Gasteiger partial charge >= 0.3 is 0 Å². The number of nitrogens with one attached hydrogen (secondary N) is 1. The number of aromatic nitrogens is 2. The van der Waals surface area contributed by atoms with Gasteiger partial charge in [0.15, 0.2) is 0 Å². The molecular formula is C11H22ClN5. The maximum Gasteiger partial charge on any atom is 0.0834 e. The van der Waals surface area contributed by atoms with E-state index in [9.17, 15) is 0 Å². The smallest absolute Gasteiger partial charge is 0.0834 e. The van der Waals surface area contributed by atoms with Crippen LogP contribution in [0, 0.1) is 0 Å². The topological polar surface area (TPSA) is 59.1 Å². The maximum atomic E-state index is 6.11. The fraction of sp³-hybridized carbons (Fsp3) is 0.727. The third-order valence-electron chi connectivity index (χ3n) is 3.10. The van der Waals surface area contributed by atoms with Crippen LogP contribution in [-0.2, 0) is 7.05 Å². The largest absolute Gasteiger partial charge is 0.304 e. The van der Waals surface area contributed by atoms with Gasteiger partial charge in [-0.3, -0.25) is 16.0 Å². The summed E-state index contributed by atoms with van der Waals surface area (Å²) >= 11 is 6.11. The summed E-state index contributed by atoms with van der Waals surface area (Å²) in [5, 5.41) is 4.79. The second-order valence-electron chi connectivity index (χ2n) is 4.04. The summed E-state index contributed by atoms with van der Waals surface area (Å²) < 4.78 is 1.77. The van der Waals surface area contributed by atoms with E-state index in [4.69, 9.17) is 17.4 Å². The number of hydrogen-bond donors (Lipinski definition) is 2. The molecule has 3 N–H and O–H groups in total. The molecule has 98 valence electrons. The van der Waals surface area contributed by atoms with Gasteiger partial charge in [0.1, 0.15) is 0 Å². The van der Waals surface area contributed by atoms with Crippen LogP contribution in [0.5, 0.6) is 0 Å². The van der Waals surface area contributed by atoms with Crippen molar-refractivity contribution in [3.8, 4) is 0 Å². The minimum atomic E-state index is 0.0376. The Morgan fingerprint density at radius 3 is 2.59 bits per heavy atom. The summed E-state index contributed by atoms with van der Waals surface area (Å²) in [6.45, 7) is 7.40. The Kier molecular flexibility index (Phi) is 5.91. The molecule has 0 aliphatic carbocycles. The van der Waals surface area contributed by atoms with E-state index in [1.54, 1.807) is 10.9 Å². The zero-order valence-electron chi connectivity index (χ0n) is 10.8. The molecule has 6 heteroatoms. The minimum Gasteiger partial charge on any atom is -0.304 e. The highest BCUT2D eigenvalue weighted by Gasteiger charge is 2.18. The SMILES string of the molecule is CCN(CC)CCC(NN)c1c(Cl)cnn1C. The van der Waals surface area contributed by atoms with Crippen LogP contribution in [0.3, 0.4) is 0 Å². The summed E-state index contributed by atoms with van der Waals surface area (Å²) in [5.74, 6) is 5.60. The van der Waals surface area contributed by atoms with Crippen LogP contribution in [-0.4, -0.2) is 34.3 Å². The van der Waals surface area contributed by atoms with Crippen molar-refractivity contribution in [3.05, 3.63) is 16.9 Å². The monoisotopic (exact) mass is 259 g/mol. The third kappa shape index (κ3) is 3.67. The molecule has 0 aromatic carbocycles. The van der Waals surface area contributed by atoms with E-state index >= 15 is 0 Å². The van der Waals surface area contributed by atoms with Gasteiger partial charge in [0.25, 0.3) is 0 Å². The summed E-state index contributed by atoms with van der Waals surface area (Å²) in [7, 11) is 1.88. The van der Waals surface area contributed by atoms with Crippen LogP contribution < -0.4 is 11.3 Å². The highest BCUT2D eigenvalue weighted by molar-refractivity contribution is 6.31. The summed E-state index contributed by atoms with van der Waals surface area (Å²) in [6, 6.07) is 0.0376. The Hall–Kier alpha value is -0.620. The van der Waals surface area contributed by atoms with Gasteiger partial charge in [-0.2, -0.15) is 5.10 Å². The Bertz CT molecular complexity index is 315. The molecule has 0 spiro atoms. The van der Waals surface area contributed by atoms with Crippen molar-refractivity contribution in [1.82, 2.24) is 20.1 Å². The fourth-order valence-electron chi connectivity index (χ4n) is 1.96. The van der Waals surface area contributed by atoms with E-state index in [-0.39, 0.29) is 6.04 Å². The average Bonchev–Trinajstić information content (AvgIpc) is 2.66. The Morgan fingerprint density at radius 2 is 2.18 bits per heavy atom. The lowest BCUT2D eigenvalue weighted by Crippen LogP contribution is -2.34. The lowest BCUT2D eigenvalue weighted by Gasteiger charge is -2.22. The Morgan fingerprint density at radius 1 is 1.53 bits per heavy atom. The number of aryl methyl sites for hydroxylation is 1. The summed E-state index contributed by atoms with van der Waals surface area (Å²) in [6.07, 6.45) is 2.57. The van der Waals surface area contributed by atoms with E-state index in [1.165, 1.54) is 0 Å². The molecule has 1 atom stereocenters. The third-order valence-corrected chi connectivity index (χ3v) is 3.39. The average molecular weight is 260 g/mol. The van der Waals surface area contributed by atoms with Crippen LogP contribution in [0.25, 0.3) is 0 Å². The van der Waals surface area contributed by atoms with Crippen molar-refractivity contribution in [2.45, 2.75) is 26.3 Å². The molecule has 0 aliphatic heterocycles. The molecular weight excluding hydrogens is 238 g/mol. The summed E-state index contributed by atoms with van der Waals surface area (Å²) in [5.41, 5.74) is 3.76. The molecule has 0 aliphatic rings. The number of nitrogens with two attached hydrogens (primary N) is 1. The van der Waals surface area contributed by atoms with E-state index < -0.39 is 0 Å². The molecule has 0 saturated carbocycles. The van der Waals surface area contributed by atoms with Crippen molar-refractivity contribution in [2.24, 2.45) is 12.9 Å². The van der Waals surface area contributed by atoms with Crippen molar-refractivity contribution in [3.63, 3.8) is 0 Å². The van der Waals surface area contributed by atoms with Gasteiger partial charge in [-0.05, 0) is 19.5 Å². The number of rotatable bonds is 7. The number of hydrazine groups is 1. The van der Waals surface area contributed by atoms with Crippen molar-refractivity contribution >= 4 is 11.6 Å². The lowest BCUT2D eigenvalue weighted by molar-refractivity contribution is 0.279. The van der Waals surface area contributed by atoms with E-state index in [0.717, 1.165) is 31.7 Å². The second kappa shape index (κ2) is 6.96. The highest BCUT2D eigenvalue weighted by atomic mass is 35.5. The summed E-state index contributed by atoms with van der Waals surface area (Å²) in [4.78, 5) is 2.36. The molecule has 1 rings (SSSR count). The molecule has 0 fully saturated rings. The van der Waals surface area contributed by atoms with Crippen LogP contribution in [0.1, 0.15) is 32.0 Å². The highest BCUT2D eigenvalue weighted by Crippen LogP contribution is 2.23. The van der Waals surface area contributed by atoms with Crippen molar-refractivity contribution in [2.75, 3.05) is 19.6 Å². The molecule has 5 nitrogen and oxygen atoms in total. The first-order valence-electron chi connectivity index (χ1n) is 5.99. The molecule has 1 aromatic rings. The molecule has 0 amide bonds. The van der Waals surface area contributed by atoms with Gasteiger partial charge in [0.05, 0.1) is 23.0 Å². The van der Waals surface area contributed by atoms with Gasteiger partial charge < -0.3 is 4.90 Å². The van der Waals surface area contributed by atoms with Gasteiger partial charge in [-0.15, -0.1) is 0 Å². The van der Waals surface area contributed by atoms with Gasteiger partial charge in [0, 0.05) is 13.6 Å². The molecule has 1 heterocycles. The molecule has 0 bridgehead atoms.